The van der Waals surface area contributed by atoms with Crippen molar-refractivity contribution >= 4 is 8.80 Å². The van der Waals surface area contributed by atoms with Crippen LogP contribution in [0.5, 0.6) is 0 Å². The molecule has 1 aliphatic rings. The van der Waals surface area contributed by atoms with E-state index in [-0.39, 0.29) is 11.1 Å². The third-order valence-corrected chi connectivity index (χ3v) is 7.40. The van der Waals surface area contributed by atoms with Gasteiger partial charge in [-0.25, -0.2) is 0 Å². The van der Waals surface area contributed by atoms with Gasteiger partial charge in [0.05, 0.1) is 6.61 Å². The molecule has 0 radical (unpaired) electrons. The molecule has 1 aliphatic heterocycles. The highest BCUT2D eigenvalue weighted by atomic mass is 28.4. The van der Waals surface area contributed by atoms with E-state index in [1.165, 1.54) is 6.42 Å². The Morgan fingerprint density at radius 3 is 1.65 bits per heavy atom. The normalized spacial score (nSPS) is 21.5. The van der Waals surface area contributed by atoms with E-state index in [1.807, 2.05) is 20.8 Å². The zero-order valence-electron chi connectivity index (χ0n) is 16.2. The lowest BCUT2D eigenvalue weighted by Crippen LogP contribution is -2.58. The molecule has 5 nitrogen and oxygen atoms in total. The average molecular weight is 348 g/mol. The molecule has 0 unspecified atom stereocenters. The van der Waals surface area contributed by atoms with Gasteiger partial charge in [-0.2, -0.15) is 5.06 Å². The molecule has 23 heavy (non-hydrogen) atoms. The third kappa shape index (κ3) is 5.79. The zero-order valence-corrected chi connectivity index (χ0v) is 17.2. The summed E-state index contributed by atoms with van der Waals surface area (Å²) in [4.78, 5) is 6.24. The summed E-state index contributed by atoms with van der Waals surface area (Å²) in [7, 11) is -2.62. The Balaban J connectivity index is 2.69. The summed E-state index contributed by atoms with van der Waals surface area (Å²) in [5.74, 6) is 0. The van der Waals surface area contributed by atoms with E-state index in [4.69, 9.17) is 18.1 Å². The highest BCUT2D eigenvalue weighted by molar-refractivity contribution is 6.60. The Labute approximate surface area is 143 Å². The maximum atomic E-state index is 6.24. The van der Waals surface area contributed by atoms with Gasteiger partial charge in [0.25, 0.3) is 0 Å². The third-order valence-electron chi connectivity index (χ3n) is 4.40. The van der Waals surface area contributed by atoms with Crippen LogP contribution in [0.4, 0.5) is 0 Å². The molecule has 0 aromatic carbocycles. The van der Waals surface area contributed by atoms with E-state index >= 15 is 0 Å². The summed E-state index contributed by atoms with van der Waals surface area (Å²) in [6, 6.07) is 0.686. The molecule has 0 aliphatic carbocycles. The Morgan fingerprint density at radius 1 is 0.826 bits per heavy atom. The zero-order chi connectivity index (χ0) is 17.6. The monoisotopic (exact) mass is 347 g/mol. The molecule has 1 heterocycles. The molecule has 1 rings (SSSR count). The van der Waals surface area contributed by atoms with Gasteiger partial charge in [0.15, 0.2) is 0 Å². The average Bonchev–Trinajstić information content (AvgIpc) is 2.42. The Morgan fingerprint density at radius 2 is 1.26 bits per heavy atom. The second-order valence-electron chi connectivity index (χ2n) is 7.34. The minimum absolute atomic E-state index is 0.0504. The minimum atomic E-state index is -2.62. The second kappa shape index (κ2) is 8.92. The van der Waals surface area contributed by atoms with Crippen LogP contribution in [0.15, 0.2) is 0 Å². The van der Waals surface area contributed by atoms with Gasteiger partial charge in [-0.1, -0.05) is 0 Å². The van der Waals surface area contributed by atoms with Gasteiger partial charge < -0.3 is 13.3 Å². The number of piperidine rings is 1. The number of nitrogens with zero attached hydrogens (tertiary/aromatic N) is 1. The molecule has 0 aromatic heterocycles. The van der Waals surface area contributed by atoms with Crippen molar-refractivity contribution in [2.45, 2.75) is 84.9 Å². The van der Waals surface area contributed by atoms with E-state index < -0.39 is 8.80 Å². The highest BCUT2D eigenvalue weighted by Crippen LogP contribution is 2.38. The molecule has 0 spiro atoms. The molecule has 0 saturated carbocycles. The van der Waals surface area contributed by atoms with Crippen LogP contribution in [0.1, 0.15) is 67.7 Å². The number of rotatable bonds is 10. The van der Waals surface area contributed by atoms with Crippen molar-refractivity contribution in [2.75, 3.05) is 26.4 Å². The second-order valence-corrected chi connectivity index (χ2v) is 10.1. The molecule has 6 heteroatoms. The summed E-state index contributed by atoms with van der Waals surface area (Å²) >= 11 is 0. The maximum Gasteiger partial charge on any atom is 0.503 e. The molecule has 138 valence electrons. The maximum absolute atomic E-state index is 6.24. The number of hydrogen-bond donors (Lipinski definition) is 0. The Hall–Kier alpha value is 0.0169. The summed E-state index contributed by atoms with van der Waals surface area (Å²) < 4.78 is 17.7. The van der Waals surface area contributed by atoms with Crippen LogP contribution in [0.25, 0.3) is 0 Å². The highest BCUT2D eigenvalue weighted by Gasteiger charge is 2.44. The van der Waals surface area contributed by atoms with Crippen molar-refractivity contribution in [1.29, 1.82) is 0 Å². The van der Waals surface area contributed by atoms with Crippen molar-refractivity contribution in [2.24, 2.45) is 0 Å². The van der Waals surface area contributed by atoms with Crippen LogP contribution in [0.2, 0.25) is 6.04 Å². The van der Waals surface area contributed by atoms with E-state index in [9.17, 15) is 0 Å². The molecule has 0 bridgehead atoms. The van der Waals surface area contributed by atoms with Gasteiger partial charge in [-0.3, -0.25) is 4.84 Å². The molecule has 0 aromatic rings. The van der Waals surface area contributed by atoms with Crippen molar-refractivity contribution in [1.82, 2.24) is 5.06 Å². The SMILES string of the molecule is CCO[Si](CCON1C(C)(C)CCCC1(C)C)(OCC)OCC. The van der Waals surface area contributed by atoms with Crippen LogP contribution in [0.3, 0.4) is 0 Å². The van der Waals surface area contributed by atoms with Crippen molar-refractivity contribution in [3.05, 3.63) is 0 Å². The quantitative estimate of drug-likeness (QED) is 0.558. The molecule has 1 fully saturated rings. The Kier molecular flexibility index (Phi) is 8.17. The predicted octanol–water partition coefficient (Wildman–Crippen LogP) is 4.01. The summed E-state index contributed by atoms with van der Waals surface area (Å²) in [5.41, 5.74) is 0.101. The summed E-state index contributed by atoms with van der Waals surface area (Å²) in [6.07, 6.45) is 3.55. The lowest BCUT2D eigenvalue weighted by molar-refractivity contribution is -0.279. The van der Waals surface area contributed by atoms with Crippen molar-refractivity contribution in [3.8, 4) is 0 Å². The Bertz CT molecular complexity index is 316. The van der Waals surface area contributed by atoms with E-state index in [0.717, 1.165) is 12.8 Å². The fourth-order valence-electron chi connectivity index (χ4n) is 3.59. The number of hydrogen-bond acceptors (Lipinski definition) is 5. The van der Waals surface area contributed by atoms with Gasteiger partial charge in [-0.05, 0) is 67.7 Å². The van der Waals surface area contributed by atoms with Gasteiger partial charge in [-0.15, -0.1) is 0 Å². The largest absolute Gasteiger partial charge is 0.503 e. The first kappa shape index (κ1) is 21.1. The van der Waals surface area contributed by atoms with E-state index in [2.05, 4.69) is 32.8 Å². The van der Waals surface area contributed by atoms with Crippen LogP contribution in [-0.2, 0) is 18.1 Å². The predicted molar refractivity (Wildman–Crippen MR) is 95.2 cm³/mol. The minimum Gasteiger partial charge on any atom is -0.374 e. The van der Waals surface area contributed by atoms with Crippen LogP contribution in [-0.4, -0.2) is 51.4 Å². The summed E-state index contributed by atoms with van der Waals surface area (Å²) in [5, 5.41) is 2.19. The molecular weight excluding hydrogens is 310 g/mol. The fraction of sp³-hybridized carbons (Fsp3) is 1.00. The van der Waals surface area contributed by atoms with Gasteiger partial charge >= 0.3 is 8.80 Å². The molecule has 0 atom stereocenters. The molecule has 1 saturated heterocycles. The van der Waals surface area contributed by atoms with Gasteiger partial charge in [0.2, 0.25) is 0 Å². The molecule has 0 N–H and O–H groups in total. The molecular formula is C17H37NO4Si. The first-order valence-electron chi connectivity index (χ1n) is 9.08. The van der Waals surface area contributed by atoms with Crippen LogP contribution < -0.4 is 0 Å². The van der Waals surface area contributed by atoms with Crippen LogP contribution >= 0.6 is 0 Å². The lowest BCUT2D eigenvalue weighted by Gasteiger charge is -2.51. The van der Waals surface area contributed by atoms with Crippen LogP contribution in [0, 0.1) is 0 Å². The van der Waals surface area contributed by atoms with Crippen molar-refractivity contribution < 1.29 is 18.1 Å². The smallest absolute Gasteiger partial charge is 0.374 e. The fourth-order valence-corrected chi connectivity index (χ4v) is 5.93. The number of hydroxylamine groups is 2. The summed E-state index contributed by atoms with van der Waals surface area (Å²) in [6.45, 7) is 17.4. The topological polar surface area (TPSA) is 40.2 Å². The van der Waals surface area contributed by atoms with E-state index in [1.54, 1.807) is 0 Å². The van der Waals surface area contributed by atoms with Gasteiger partial charge in [0.1, 0.15) is 0 Å². The standard InChI is InChI=1S/C17H37NO4Si/c1-8-20-23(21-9-2,22-10-3)15-14-19-18-16(4,5)12-11-13-17(18,6)7/h8-15H2,1-7H3. The van der Waals surface area contributed by atoms with E-state index in [0.29, 0.717) is 32.5 Å². The molecule has 0 amide bonds. The van der Waals surface area contributed by atoms with Crippen molar-refractivity contribution in [3.63, 3.8) is 0 Å². The first-order valence-corrected chi connectivity index (χ1v) is 11.0. The van der Waals surface area contributed by atoms with Gasteiger partial charge in [0, 0.05) is 36.9 Å². The lowest BCUT2D eigenvalue weighted by atomic mass is 9.82. The first-order chi connectivity index (χ1) is 10.7.